The molecule has 0 spiro atoms. The zero-order valence-electron chi connectivity index (χ0n) is 12.1. The lowest BCUT2D eigenvalue weighted by atomic mass is 10.1. The molecule has 0 aliphatic carbocycles. The zero-order valence-corrected chi connectivity index (χ0v) is 12.1. The molecule has 0 radical (unpaired) electrons. The number of aryl methyl sites for hydroxylation is 1. The van der Waals surface area contributed by atoms with Crippen LogP contribution >= 0.6 is 0 Å². The van der Waals surface area contributed by atoms with Gasteiger partial charge in [0.15, 0.2) is 0 Å². The van der Waals surface area contributed by atoms with E-state index in [-0.39, 0.29) is 6.54 Å². The van der Waals surface area contributed by atoms with Crippen molar-refractivity contribution in [1.29, 1.82) is 0 Å². The smallest absolute Gasteiger partial charge is 0.347 e. The summed E-state index contributed by atoms with van der Waals surface area (Å²) in [6, 6.07) is 2.67. The summed E-state index contributed by atoms with van der Waals surface area (Å²) in [5, 5.41) is 13.5. The van der Waals surface area contributed by atoms with Crippen LogP contribution in [0.1, 0.15) is 30.3 Å². The fourth-order valence-corrected chi connectivity index (χ4v) is 2.70. The highest BCUT2D eigenvalue weighted by atomic mass is 16.5. The van der Waals surface area contributed by atoms with Gasteiger partial charge in [0.2, 0.25) is 5.88 Å². The van der Waals surface area contributed by atoms with E-state index >= 15 is 0 Å². The van der Waals surface area contributed by atoms with Gasteiger partial charge in [0.25, 0.3) is 0 Å². The first-order valence-corrected chi connectivity index (χ1v) is 7.00. The summed E-state index contributed by atoms with van der Waals surface area (Å²) in [7, 11) is 1.52. The highest BCUT2D eigenvalue weighted by Crippen LogP contribution is 2.22. The number of carboxylic acids is 1. The molecule has 0 unspecified atom stereocenters. The Labute approximate surface area is 126 Å². The number of rotatable bonds is 4. The molecule has 1 aliphatic rings. The minimum absolute atomic E-state index is 0.254. The minimum atomic E-state index is -0.992. The van der Waals surface area contributed by atoms with E-state index in [1.807, 2.05) is 0 Å². The number of carbonyl (C=O) groups is 1. The average molecular weight is 304 g/mol. The Hall–Kier alpha value is -2.64. The van der Waals surface area contributed by atoms with E-state index in [1.54, 1.807) is 18.3 Å². The highest BCUT2D eigenvalue weighted by molar-refractivity contribution is 5.72. The van der Waals surface area contributed by atoms with Crippen molar-refractivity contribution in [3.63, 3.8) is 0 Å². The minimum Gasteiger partial charge on any atom is -0.481 e. The normalized spacial score (nSPS) is 17.0. The summed E-state index contributed by atoms with van der Waals surface area (Å²) >= 11 is 0. The van der Waals surface area contributed by atoms with Crippen LogP contribution in [0.4, 0.5) is 0 Å². The molecule has 22 heavy (non-hydrogen) atoms. The number of aliphatic carboxylic acids is 1. The van der Waals surface area contributed by atoms with Crippen molar-refractivity contribution in [3.05, 3.63) is 40.2 Å². The number of fused-ring (bicyclic) bond motifs is 1. The van der Waals surface area contributed by atoms with Gasteiger partial charge < -0.3 is 9.84 Å². The molecule has 3 heterocycles. The van der Waals surface area contributed by atoms with Crippen molar-refractivity contribution in [2.75, 3.05) is 7.11 Å². The second-order valence-electron chi connectivity index (χ2n) is 5.18. The number of aromatic nitrogens is 4. The monoisotopic (exact) mass is 304 g/mol. The van der Waals surface area contributed by atoms with Crippen LogP contribution < -0.4 is 10.4 Å². The number of hydrogen-bond donors (Lipinski definition) is 1. The molecule has 0 saturated carbocycles. The molecule has 2 aromatic heterocycles. The van der Waals surface area contributed by atoms with Crippen molar-refractivity contribution in [2.45, 2.75) is 31.8 Å². The first-order valence-electron chi connectivity index (χ1n) is 7.00. The molecule has 116 valence electrons. The Balaban J connectivity index is 1.96. The molecular formula is C14H16N4O4. The van der Waals surface area contributed by atoms with E-state index in [9.17, 15) is 14.7 Å². The lowest BCUT2D eigenvalue weighted by Gasteiger charge is -2.19. The third-order valence-corrected chi connectivity index (χ3v) is 3.76. The molecule has 1 atom stereocenters. The van der Waals surface area contributed by atoms with Crippen molar-refractivity contribution in [2.24, 2.45) is 0 Å². The third kappa shape index (κ3) is 2.47. The van der Waals surface area contributed by atoms with Gasteiger partial charge in [0.05, 0.1) is 13.7 Å². The summed E-state index contributed by atoms with van der Waals surface area (Å²) in [5.41, 5.74) is 0.425. The van der Waals surface area contributed by atoms with Crippen molar-refractivity contribution < 1.29 is 14.6 Å². The molecule has 8 heteroatoms. The molecule has 3 rings (SSSR count). The Morgan fingerprint density at radius 1 is 1.55 bits per heavy atom. The maximum Gasteiger partial charge on any atom is 0.347 e. The van der Waals surface area contributed by atoms with E-state index in [4.69, 9.17) is 4.74 Å². The third-order valence-electron chi connectivity index (χ3n) is 3.76. The topological polar surface area (TPSA) is 99.2 Å². The standard InChI is InChI=1S/C14H16N4O4/c1-22-12-7-9(5-6-15-12)8-17-14(21)18-10(13(19)20)3-2-4-11(18)16-17/h5-7,10H,2-4,8H2,1H3,(H,19,20)/t10-/m1/s1. The van der Waals surface area contributed by atoms with Crippen molar-refractivity contribution >= 4 is 5.97 Å². The van der Waals surface area contributed by atoms with Gasteiger partial charge in [-0.25, -0.2) is 19.3 Å². The Kier molecular flexibility index (Phi) is 3.66. The first kappa shape index (κ1) is 14.3. The van der Waals surface area contributed by atoms with Crippen LogP contribution in [0.2, 0.25) is 0 Å². The lowest BCUT2D eigenvalue weighted by Crippen LogP contribution is -2.34. The summed E-state index contributed by atoms with van der Waals surface area (Å²) in [6.07, 6.45) is 3.38. The Bertz CT molecular complexity index is 764. The molecule has 1 N–H and O–H groups in total. The average Bonchev–Trinajstić information content (AvgIpc) is 2.84. The van der Waals surface area contributed by atoms with Gasteiger partial charge in [-0.1, -0.05) is 0 Å². The maximum absolute atomic E-state index is 12.4. The summed E-state index contributed by atoms with van der Waals surface area (Å²) < 4.78 is 7.64. The van der Waals surface area contributed by atoms with E-state index < -0.39 is 17.7 Å². The summed E-state index contributed by atoms with van der Waals surface area (Å²) in [5.74, 6) is -0.00390. The molecule has 8 nitrogen and oxygen atoms in total. The second-order valence-corrected chi connectivity index (χ2v) is 5.18. The van der Waals surface area contributed by atoms with E-state index in [1.165, 1.54) is 16.4 Å². The van der Waals surface area contributed by atoms with Crippen molar-refractivity contribution in [3.8, 4) is 5.88 Å². The van der Waals surface area contributed by atoms with Gasteiger partial charge in [-0.05, 0) is 24.5 Å². The van der Waals surface area contributed by atoms with Gasteiger partial charge in [-0.3, -0.25) is 4.57 Å². The molecule has 0 saturated heterocycles. The number of nitrogens with zero attached hydrogens (tertiary/aromatic N) is 4. The van der Waals surface area contributed by atoms with Crippen LogP contribution in [0.3, 0.4) is 0 Å². The SMILES string of the molecule is COc1cc(Cn2nc3n(c2=O)[C@@H](C(=O)O)CCC3)ccn1. The van der Waals surface area contributed by atoms with Crippen LogP contribution in [-0.4, -0.2) is 37.5 Å². The van der Waals surface area contributed by atoms with E-state index in [2.05, 4.69) is 10.1 Å². The van der Waals surface area contributed by atoms with Crippen LogP contribution in [0.5, 0.6) is 5.88 Å². The molecule has 0 fully saturated rings. The maximum atomic E-state index is 12.4. The number of ether oxygens (including phenoxy) is 1. The number of carboxylic acid groups (broad SMARTS) is 1. The number of methoxy groups -OCH3 is 1. The fraction of sp³-hybridized carbons (Fsp3) is 0.429. The van der Waals surface area contributed by atoms with Gasteiger partial charge in [-0.15, -0.1) is 0 Å². The molecule has 1 aliphatic heterocycles. The second kappa shape index (κ2) is 5.63. The summed E-state index contributed by atoms with van der Waals surface area (Å²) in [4.78, 5) is 27.7. The largest absolute Gasteiger partial charge is 0.481 e. The van der Waals surface area contributed by atoms with E-state index in [0.29, 0.717) is 24.5 Å². The van der Waals surface area contributed by atoms with Gasteiger partial charge >= 0.3 is 11.7 Å². The molecule has 0 bridgehead atoms. The predicted molar refractivity (Wildman–Crippen MR) is 76.0 cm³/mol. The van der Waals surface area contributed by atoms with Crippen LogP contribution in [-0.2, 0) is 17.8 Å². The first-order chi connectivity index (χ1) is 10.6. The van der Waals surface area contributed by atoms with Crippen molar-refractivity contribution in [1.82, 2.24) is 19.3 Å². The molecule has 0 aromatic carbocycles. The number of hydrogen-bond acceptors (Lipinski definition) is 5. The highest BCUT2D eigenvalue weighted by Gasteiger charge is 2.30. The summed E-state index contributed by atoms with van der Waals surface area (Å²) in [6.45, 7) is 0.254. The van der Waals surface area contributed by atoms with Gasteiger partial charge in [0, 0.05) is 18.7 Å². The molecular weight excluding hydrogens is 288 g/mol. The van der Waals surface area contributed by atoms with Crippen LogP contribution in [0.15, 0.2) is 23.1 Å². The van der Waals surface area contributed by atoms with Crippen LogP contribution in [0, 0.1) is 0 Å². The predicted octanol–water partition coefficient (Wildman–Crippen LogP) is 0.459. The van der Waals surface area contributed by atoms with Gasteiger partial charge in [0.1, 0.15) is 11.9 Å². The Morgan fingerprint density at radius 3 is 3.09 bits per heavy atom. The van der Waals surface area contributed by atoms with E-state index in [0.717, 1.165) is 12.0 Å². The molecule has 0 amide bonds. The Morgan fingerprint density at radius 2 is 2.36 bits per heavy atom. The van der Waals surface area contributed by atoms with Gasteiger partial charge in [-0.2, -0.15) is 5.10 Å². The quantitative estimate of drug-likeness (QED) is 0.881. The lowest BCUT2D eigenvalue weighted by molar-refractivity contribution is -0.141. The molecule has 2 aromatic rings. The number of pyridine rings is 1. The zero-order chi connectivity index (χ0) is 15.7. The van der Waals surface area contributed by atoms with Crippen LogP contribution in [0.25, 0.3) is 0 Å². The fourth-order valence-electron chi connectivity index (χ4n) is 2.70.